The van der Waals surface area contributed by atoms with Crippen LogP contribution in [-0.4, -0.2) is 24.7 Å². The lowest BCUT2D eigenvalue weighted by atomic mass is 9.83. The summed E-state index contributed by atoms with van der Waals surface area (Å²) in [5.41, 5.74) is 1.19. The van der Waals surface area contributed by atoms with Gasteiger partial charge in [0.05, 0.1) is 18.7 Å². The summed E-state index contributed by atoms with van der Waals surface area (Å²) < 4.78 is 5.75. The summed E-state index contributed by atoms with van der Waals surface area (Å²) in [4.78, 5) is 12.2. The number of benzene rings is 1. The van der Waals surface area contributed by atoms with Crippen LogP contribution in [-0.2, 0) is 10.6 Å². The van der Waals surface area contributed by atoms with Gasteiger partial charge in [-0.15, -0.1) is 11.6 Å². The van der Waals surface area contributed by atoms with Crippen LogP contribution in [0.4, 0.5) is 0 Å². The highest BCUT2D eigenvalue weighted by Gasteiger charge is 2.35. The normalized spacial score (nSPS) is 16.9. The molecule has 0 radical (unpaired) electrons. The molecule has 4 heteroatoms. The highest BCUT2D eigenvalue weighted by Crippen LogP contribution is 2.28. The van der Waals surface area contributed by atoms with E-state index < -0.39 is 5.60 Å². The molecule has 0 saturated carbocycles. The Hall–Kier alpha value is -1.06. The number of alkyl halides is 1. The standard InChI is InChI=1S/C16H22ClNO2/c1-16(2,14-7-9-18-10-8-14)20-15(19)13-5-3-12(11-17)4-6-13/h3-6,14,18H,7-11H2,1-2H3/p+1. The van der Waals surface area contributed by atoms with Crippen LogP contribution < -0.4 is 5.32 Å². The van der Waals surface area contributed by atoms with Crippen LogP contribution in [0.2, 0.25) is 0 Å². The van der Waals surface area contributed by atoms with E-state index in [2.05, 4.69) is 5.32 Å². The van der Waals surface area contributed by atoms with Gasteiger partial charge in [-0.3, -0.25) is 0 Å². The quantitative estimate of drug-likeness (QED) is 0.684. The molecule has 3 nitrogen and oxygen atoms in total. The molecule has 2 rings (SSSR count). The number of esters is 1. The van der Waals surface area contributed by atoms with Crippen LogP contribution in [0.25, 0.3) is 0 Å². The number of carbonyl (C=O) groups excluding carboxylic acids is 1. The molecule has 1 aliphatic rings. The fourth-order valence-electron chi connectivity index (χ4n) is 2.73. The number of ether oxygens (including phenoxy) is 1. The van der Waals surface area contributed by atoms with Gasteiger partial charge in [-0.25, -0.2) is 4.79 Å². The first-order valence-electron chi connectivity index (χ1n) is 7.23. The molecule has 0 bridgehead atoms. The lowest BCUT2D eigenvalue weighted by Gasteiger charge is -2.35. The molecule has 1 aliphatic heterocycles. The van der Waals surface area contributed by atoms with Gasteiger partial charge >= 0.3 is 5.97 Å². The van der Waals surface area contributed by atoms with E-state index in [1.165, 1.54) is 0 Å². The summed E-state index contributed by atoms with van der Waals surface area (Å²) in [7, 11) is 0. The molecule has 110 valence electrons. The third-order valence-corrected chi connectivity index (χ3v) is 4.43. The SMILES string of the molecule is CC(C)(OC(=O)c1ccc(CCl)cc1)C1CC[NH2+]CC1. The molecule has 1 aromatic carbocycles. The zero-order valence-electron chi connectivity index (χ0n) is 12.2. The maximum atomic E-state index is 12.2. The Bertz CT molecular complexity index is 450. The van der Waals surface area contributed by atoms with E-state index >= 15 is 0 Å². The molecule has 1 saturated heterocycles. The van der Waals surface area contributed by atoms with Crippen molar-refractivity contribution in [1.29, 1.82) is 0 Å². The third kappa shape index (κ3) is 3.74. The molecule has 1 heterocycles. The highest BCUT2D eigenvalue weighted by molar-refractivity contribution is 6.17. The zero-order chi connectivity index (χ0) is 14.6. The van der Waals surface area contributed by atoms with Gasteiger partial charge in [0, 0.05) is 24.6 Å². The molecular formula is C16H23ClNO2+. The van der Waals surface area contributed by atoms with E-state index in [0.29, 0.717) is 17.4 Å². The molecule has 20 heavy (non-hydrogen) atoms. The molecule has 0 aromatic heterocycles. The van der Waals surface area contributed by atoms with Crippen molar-refractivity contribution in [1.82, 2.24) is 0 Å². The molecule has 0 spiro atoms. The summed E-state index contributed by atoms with van der Waals surface area (Å²) in [6, 6.07) is 7.30. The summed E-state index contributed by atoms with van der Waals surface area (Å²) in [5.74, 6) is 0.656. The van der Waals surface area contributed by atoms with Crippen LogP contribution in [0.15, 0.2) is 24.3 Å². The minimum absolute atomic E-state index is 0.245. The van der Waals surface area contributed by atoms with Gasteiger partial charge in [0.25, 0.3) is 0 Å². The molecular weight excluding hydrogens is 274 g/mol. The zero-order valence-corrected chi connectivity index (χ0v) is 13.0. The minimum atomic E-state index is -0.406. The van der Waals surface area contributed by atoms with E-state index in [4.69, 9.17) is 16.3 Å². The fraction of sp³-hybridized carbons (Fsp3) is 0.562. The van der Waals surface area contributed by atoms with Gasteiger partial charge < -0.3 is 10.1 Å². The van der Waals surface area contributed by atoms with Crippen molar-refractivity contribution in [2.45, 2.75) is 38.2 Å². The molecule has 1 aromatic rings. The van der Waals surface area contributed by atoms with Gasteiger partial charge in [0.2, 0.25) is 0 Å². The number of piperidine rings is 1. The average Bonchev–Trinajstić information content (AvgIpc) is 2.48. The van der Waals surface area contributed by atoms with Gasteiger partial charge in [-0.2, -0.15) is 0 Å². The maximum absolute atomic E-state index is 12.2. The number of quaternary nitrogens is 1. The molecule has 0 atom stereocenters. The van der Waals surface area contributed by atoms with Gasteiger partial charge in [-0.05, 0) is 31.5 Å². The number of rotatable bonds is 4. The van der Waals surface area contributed by atoms with E-state index in [-0.39, 0.29) is 5.97 Å². The van der Waals surface area contributed by atoms with Crippen molar-refractivity contribution < 1.29 is 14.8 Å². The summed E-state index contributed by atoms with van der Waals surface area (Å²) in [6.07, 6.45) is 2.21. The van der Waals surface area contributed by atoms with Crippen molar-refractivity contribution in [2.75, 3.05) is 13.1 Å². The summed E-state index contributed by atoms with van der Waals surface area (Å²) in [5, 5.41) is 2.32. The Morgan fingerprint density at radius 1 is 1.30 bits per heavy atom. The highest BCUT2D eigenvalue weighted by atomic mass is 35.5. The number of hydrogen-bond acceptors (Lipinski definition) is 2. The number of halogens is 1. The Morgan fingerprint density at radius 3 is 2.45 bits per heavy atom. The van der Waals surface area contributed by atoms with E-state index in [1.807, 2.05) is 26.0 Å². The van der Waals surface area contributed by atoms with Gasteiger partial charge in [-0.1, -0.05) is 12.1 Å². The Balaban J connectivity index is 2.01. The van der Waals surface area contributed by atoms with Gasteiger partial charge in [0.15, 0.2) is 0 Å². The average molecular weight is 297 g/mol. The molecule has 1 fully saturated rings. The second-order valence-corrected chi connectivity index (χ2v) is 6.23. The number of hydrogen-bond donors (Lipinski definition) is 1. The lowest BCUT2D eigenvalue weighted by Crippen LogP contribution is -2.86. The Morgan fingerprint density at radius 2 is 1.90 bits per heavy atom. The van der Waals surface area contributed by atoms with Crippen molar-refractivity contribution >= 4 is 17.6 Å². The minimum Gasteiger partial charge on any atom is -0.456 e. The Labute approximate surface area is 125 Å². The predicted octanol–water partition coefficient (Wildman–Crippen LogP) is 2.33. The van der Waals surface area contributed by atoms with Crippen molar-refractivity contribution in [2.24, 2.45) is 5.92 Å². The van der Waals surface area contributed by atoms with Crippen molar-refractivity contribution in [3.05, 3.63) is 35.4 Å². The maximum Gasteiger partial charge on any atom is 0.338 e. The monoisotopic (exact) mass is 296 g/mol. The lowest BCUT2D eigenvalue weighted by molar-refractivity contribution is -0.665. The predicted molar refractivity (Wildman–Crippen MR) is 79.9 cm³/mol. The second-order valence-electron chi connectivity index (χ2n) is 5.96. The fourth-order valence-corrected chi connectivity index (χ4v) is 2.91. The molecule has 2 N–H and O–H groups in total. The first-order chi connectivity index (χ1) is 9.53. The van der Waals surface area contributed by atoms with Crippen LogP contribution >= 0.6 is 11.6 Å². The van der Waals surface area contributed by atoms with Crippen LogP contribution in [0, 0.1) is 5.92 Å². The smallest absolute Gasteiger partial charge is 0.338 e. The number of nitrogens with two attached hydrogens (primary N) is 1. The molecule has 0 unspecified atom stereocenters. The summed E-state index contributed by atoms with van der Waals surface area (Å²) in [6.45, 7) is 6.29. The first-order valence-corrected chi connectivity index (χ1v) is 7.76. The second kappa shape index (κ2) is 6.59. The summed E-state index contributed by atoms with van der Waals surface area (Å²) >= 11 is 5.75. The van der Waals surface area contributed by atoms with Crippen molar-refractivity contribution in [3.8, 4) is 0 Å². The van der Waals surface area contributed by atoms with E-state index in [0.717, 1.165) is 31.5 Å². The van der Waals surface area contributed by atoms with Crippen LogP contribution in [0.3, 0.4) is 0 Å². The largest absolute Gasteiger partial charge is 0.456 e. The third-order valence-electron chi connectivity index (χ3n) is 4.12. The Kier molecular flexibility index (Phi) is 5.06. The number of carbonyl (C=O) groups is 1. The molecule has 0 amide bonds. The van der Waals surface area contributed by atoms with E-state index in [1.54, 1.807) is 12.1 Å². The van der Waals surface area contributed by atoms with Gasteiger partial charge in [0.1, 0.15) is 5.60 Å². The van der Waals surface area contributed by atoms with Crippen LogP contribution in [0.1, 0.15) is 42.6 Å². The van der Waals surface area contributed by atoms with E-state index in [9.17, 15) is 4.79 Å². The van der Waals surface area contributed by atoms with Crippen LogP contribution in [0.5, 0.6) is 0 Å². The topological polar surface area (TPSA) is 42.9 Å². The van der Waals surface area contributed by atoms with Crippen molar-refractivity contribution in [3.63, 3.8) is 0 Å². The molecule has 0 aliphatic carbocycles. The first kappa shape index (κ1) is 15.3.